The van der Waals surface area contributed by atoms with E-state index in [-0.39, 0.29) is 0 Å². The Morgan fingerprint density at radius 2 is 1.86 bits per heavy atom. The molecule has 0 spiro atoms. The van der Waals surface area contributed by atoms with E-state index < -0.39 is 0 Å². The van der Waals surface area contributed by atoms with Crippen LogP contribution < -0.4 is 9.47 Å². The van der Waals surface area contributed by atoms with Crippen LogP contribution in [-0.4, -0.2) is 29.0 Å². The summed E-state index contributed by atoms with van der Waals surface area (Å²) >= 11 is 1.59. The molecule has 7 heteroatoms. The van der Waals surface area contributed by atoms with Gasteiger partial charge in [0.15, 0.2) is 22.5 Å². The first kappa shape index (κ1) is 19.5. The van der Waals surface area contributed by atoms with Crippen LogP contribution in [0.15, 0.2) is 60.3 Å². The normalized spacial score (nSPS) is 10.3. The molecule has 0 amide bonds. The highest BCUT2D eigenvalue weighted by molar-refractivity contribution is 7.98. The van der Waals surface area contributed by atoms with Crippen molar-refractivity contribution in [2.75, 3.05) is 14.2 Å². The minimum Gasteiger partial charge on any atom is -0.493 e. The van der Waals surface area contributed by atoms with E-state index in [2.05, 4.69) is 22.8 Å². The number of hydrogen-bond donors (Lipinski definition) is 0. The fourth-order valence-electron chi connectivity index (χ4n) is 2.70. The van der Waals surface area contributed by atoms with Crippen molar-refractivity contribution in [3.8, 4) is 29.0 Å². The first-order valence-electron chi connectivity index (χ1n) is 8.58. The van der Waals surface area contributed by atoms with Crippen LogP contribution in [0, 0.1) is 11.3 Å². The van der Waals surface area contributed by atoms with Gasteiger partial charge in [-0.1, -0.05) is 30.0 Å². The Bertz CT molecular complexity index is 1010. The smallest absolute Gasteiger partial charge is 0.192 e. The van der Waals surface area contributed by atoms with E-state index in [9.17, 15) is 0 Å². The van der Waals surface area contributed by atoms with Gasteiger partial charge in [-0.2, -0.15) is 5.26 Å². The maximum absolute atomic E-state index is 8.91. The predicted octanol–water partition coefficient (Wildman–Crippen LogP) is 4.31. The molecule has 2 aromatic carbocycles. The quantitative estimate of drug-likeness (QED) is 0.420. The molecular weight excluding hydrogens is 372 g/mol. The average molecular weight is 392 g/mol. The molecule has 0 aliphatic heterocycles. The van der Waals surface area contributed by atoms with Crippen molar-refractivity contribution in [1.29, 1.82) is 5.26 Å². The van der Waals surface area contributed by atoms with Gasteiger partial charge >= 0.3 is 0 Å². The second-order valence-corrected chi connectivity index (χ2v) is 6.82. The third-order valence-electron chi connectivity index (χ3n) is 4.12. The number of nitriles is 1. The Morgan fingerprint density at radius 1 is 1.11 bits per heavy atom. The van der Waals surface area contributed by atoms with E-state index in [1.807, 2.05) is 53.1 Å². The summed E-state index contributed by atoms with van der Waals surface area (Å²) in [6, 6.07) is 15.3. The minimum absolute atomic E-state index is 0.590. The van der Waals surface area contributed by atoms with Gasteiger partial charge in [0.25, 0.3) is 0 Å². The first-order valence-corrected chi connectivity index (χ1v) is 9.57. The van der Waals surface area contributed by atoms with Gasteiger partial charge in [-0.25, -0.2) is 0 Å². The Balaban J connectivity index is 1.87. The molecule has 0 bridgehead atoms. The summed E-state index contributed by atoms with van der Waals surface area (Å²) in [5.74, 6) is 2.77. The lowest BCUT2D eigenvalue weighted by atomic mass is 10.2. The SMILES string of the molecule is C=CCn1c(SCc2ccc(C#N)cc2)nnc1-c1ccc(OC)c(OC)c1. The molecule has 0 aliphatic carbocycles. The van der Waals surface area contributed by atoms with Crippen molar-refractivity contribution in [1.82, 2.24) is 14.8 Å². The van der Waals surface area contributed by atoms with Crippen LogP contribution in [0.2, 0.25) is 0 Å². The molecule has 0 unspecified atom stereocenters. The molecule has 3 rings (SSSR count). The van der Waals surface area contributed by atoms with Crippen LogP contribution in [-0.2, 0) is 12.3 Å². The third kappa shape index (κ3) is 4.18. The molecule has 0 aliphatic rings. The van der Waals surface area contributed by atoms with Crippen molar-refractivity contribution in [2.24, 2.45) is 0 Å². The van der Waals surface area contributed by atoms with Crippen molar-refractivity contribution in [2.45, 2.75) is 17.5 Å². The number of hydrogen-bond acceptors (Lipinski definition) is 6. The summed E-state index contributed by atoms with van der Waals surface area (Å²) in [6.45, 7) is 4.44. The lowest BCUT2D eigenvalue weighted by Crippen LogP contribution is -2.01. The van der Waals surface area contributed by atoms with Gasteiger partial charge in [0.1, 0.15) is 0 Å². The van der Waals surface area contributed by atoms with Crippen LogP contribution in [0.4, 0.5) is 0 Å². The summed E-state index contributed by atoms with van der Waals surface area (Å²) in [5, 5.41) is 18.5. The van der Waals surface area contributed by atoms with Crippen molar-refractivity contribution >= 4 is 11.8 Å². The second kappa shape index (κ2) is 9.11. The summed E-state index contributed by atoms with van der Waals surface area (Å²) in [7, 11) is 3.21. The molecule has 142 valence electrons. The number of rotatable bonds is 8. The predicted molar refractivity (Wildman–Crippen MR) is 109 cm³/mol. The average Bonchev–Trinajstić information content (AvgIpc) is 3.15. The molecule has 6 nitrogen and oxygen atoms in total. The highest BCUT2D eigenvalue weighted by Crippen LogP contribution is 2.33. The molecule has 0 atom stereocenters. The monoisotopic (exact) mass is 392 g/mol. The summed E-state index contributed by atoms with van der Waals surface area (Å²) in [6.07, 6.45) is 1.82. The van der Waals surface area contributed by atoms with Crippen LogP contribution in [0.3, 0.4) is 0 Å². The molecule has 0 fully saturated rings. The van der Waals surface area contributed by atoms with Crippen molar-refractivity contribution < 1.29 is 9.47 Å². The lowest BCUT2D eigenvalue weighted by Gasteiger charge is -2.11. The van der Waals surface area contributed by atoms with Crippen LogP contribution in [0.1, 0.15) is 11.1 Å². The van der Waals surface area contributed by atoms with E-state index in [0.29, 0.717) is 23.6 Å². The maximum atomic E-state index is 8.91. The van der Waals surface area contributed by atoms with Gasteiger partial charge in [-0.05, 0) is 35.9 Å². The van der Waals surface area contributed by atoms with Gasteiger partial charge in [-0.15, -0.1) is 16.8 Å². The standard InChI is InChI=1S/C21H20N4O2S/c1-4-11-25-20(17-9-10-18(26-2)19(12-17)27-3)23-24-21(25)28-14-16-7-5-15(13-22)6-8-16/h4-10,12H,1,11,14H2,2-3H3. The number of nitrogens with zero attached hydrogens (tertiary/aromatic N) is 4. The topological polar surface area (TPSA) is 73.0 Å². The number of methoxy groups -OCH3 is 2. The van der Waals surface area contributed by atoms with E-state index in [1.165, 1.54) is 0 Å². The van der Waals surface area contributed by atoms with Gasteiger partial charge in [-0.3, -0.25) is 4.57 Å². The largest absolute Gasteiger partial charge is 0.493 e. The Morgan fingerprint density at radius 3 is 2.50 bits per heavy atom. The number of aromatic nitrogens is 3. The van der Waals surface area contributed by atoms with Crippen molar-refractivity contribution in [3.05, 3.63) is 66.2 Å². The Kier molecular flexibility index (Phi) is 6.35. The van der Waals surface area contributed by atoms with Crippen LogP contribution in [0.25, 0.3) is 11.4 Å². The number of benzene rings is 2. The van der Waals surface area contributed by atoms with Gasteiger partial charge < -0.3 is 9.47 Å². The first-order chi connectivity index (χ1) is 13.7. The lowest BCUT2D eigenvalue weighted by molar-refractivity contribution is 0.355. The third-order valence-corrected chi connectivity index (χ3v) is 5.16. The number of allylic oxidation sites excluding steroid dienone is 1. The molecule has 28 heavy (non-hydrogen) atoms. The minimum atomic E-state index is 0.590. The van der Waals surface area contributed by atoms with E-state index in [0.717, 1.165) is 27.9 Å². The fourth-order valence-corrected chi connectivity index (χ4v) is 3.61. The van der Waals surface area contributed by atoms with Gasteiger partial charge in [0.05, 0.1) is 25.9 Å². The number of thioether (sulfide) groups is 1. The molecule has 0 saturated heterocycles. The summed E-state index contributed by atoms with van der Waals surface area (Å²) in [5.41, 5.74) is 2.65. The molecule has 0 radical (unpaired) electrons. The van der Waals surface area contributed by atoms with Crippen LogP contribution in [0.5, 0.6) is 11.5 Å². The fraction of sp³-hybridized carbons (Fsp3) is 0.190. The summed E-state index contributed by atoms with van der Waals surface area (Å²) < 4.78 is 12.7. The molecule has 0 saturated carbocycles. The highest BCUT2D eigenvalue weighted by atomic mass is 32.2. The molecule has 0 N–H and O–H groups in total. The van der Waals surface area contributed by atoms with Gasteiger partial charge in [0, 0.05) is 17.9 Å². The second-order valence-electron chi connectivity index (χ2n) is 5.87. The molecular formula is C21H20N4O2S. The highest BCUT2D eigenvalue weighted by Gasteiger charge is 2.16. The summed E-state index contributed by atoms with van der Waals surface area (Å²) in [4.78, 5) is 0. The van der Waals surface area contributed by atoms with E-state index in [4.69, 9.17) is 14.7 Å². The Labute approximate surface area is 168 Å². The van der Waals surface area contributed by atoms with Crippen LogP contribution >= 0.6 is 11.8 Å². The zero-order valence-electron chi connectivity index (χ0n) is 15.8. The molecule has 3 aromatic rings. The molecule has 1 aromatic heterocycles. The zero-order valence-corrected chi connectivity index (χ0v) is 16.6. The van der Waals surface area contributed by atoms with E-state index >= 15 is 0 Å². The Hall–Kier alpha value is -3.24. The maximum Gasteiger partial charge on any atom is 0.192 e. The van der Waals surface area contributed by atoms with Crippen molar-refractivity contribution in [3.63, 3.8) is 0 Å². The van der Waals surface area contributed by atoms with E-state index in [1.54, 1.807) is 26.0 Å². The number of ether oxygens (including phenoxy) is 2. The van der Waals surface area contributed by atoms with Gasteiger partial charge in [0.2, 0.25) is 0 Å². The molecule has 1 heterocycles. The zero-order chi connectivity index (χ0) is 19.9.